The Morgan fingerprint density at radius 2 is 2.50 bits per heavy atom. The fraction of sp³-hybridized carbons (Fsp3) is 0.571. The van der Waals surface area contributed by atoms with E-state index in [9.17, 15) is 4.79 Å². The minimum Gasteiger partial charge on any atom is -0.480 e. The molecule has 3 nitrogen and oxygen atoms in total. The highest BCUT2D eigenvalue weighted by Crippen LogP contribution is 2.14. The number of hydrogen-bond donors (Lipinski definition) is 2. The zero-order valence-electron chi connectivity index (χ0n) is 5.92. The molecule has 0 aromatic carbocycles. The third-order valence-corrected chi connectivity index (χ3v) is 1.58. The lowest BCUT2D eigenvalue weighted by molar-refractivity contribution is -0.138. The molecule has 2 N–H and O–H groups in total. The van der Waals surface area contributed by atoms with Gasteiger partial charge in [0.15, 0.2) is 0 Å². The predicted octanol–water partition coefficient (Wildman–Crippen LogP) is 0.727. The van der Waals surface area contributed by atoms with Crippen molar-refractivity contribution in [1.82, 2.24) is 5.32 Å². The van der Waals surface area contributed by atoms with Gasteiger partial charge in [0.1, 0.15) is 6.04 Å². The lowest BCUT2D eigenvalue weighted by atomic mass is 10.1. The van der Waals surface area contributed by atoms with E-state index in [0.29, 0.717) is 0 Å². The normalized spacial score (nSPS) is 18.7. The van der Waals surface area contributed by atoms with Crippen LogP contribution in [-0.4, -0.2) is 17.1 Å². The van der Waals surface area contributed by atoms with Crippen LogP contribution < -0.4 is 5.32 Å². The maximum absolute atomic E-state index is 10.3. The number of carbonyl (C=O) groups is 1. The van der Waals surface area contributed by atoms with Crippen LogP contribution in [-0.2, 0) is 4.79 Å². The van der Waals surface area contributed by atoms with Crippen LogP contribution in [0.25, 0.3) is 0 Å². The summed E-state index contributed by atoms with van der Waals surface area (Å²) in [5.41, 5.74) is 1.06. The molecular weight excluding hydrogens is 130 g/mol. The van der Waals surface area contributed by atoms with E-state index in [1.807, 2.05) is 6.08 Å². The predicted molar refractivity (Wildman–Crippen MR) is 37.6 cm³/mol. The Labute approximate surface area is 59.7 Å². The molecule has 1 atom stereocenters. The van der Waals surface area contributed by atoms with E-state index in [0.717, 1.165) is 18.5 Å². The molecule has 3 heteroatoms. The van der Waals surface area contributed by atoms with E-state index in [4.69, 9.17) is 5.11 Å². The average molecular weight is 141 g/mol. The van der Waals surface area contributed by atoms with Crippen molar-refractivity contribution in [3.63, 3.8) is 0 Å². The molecule has 0 fully saturated rings. The molecule has 10 heavy (non-hydrogen) atoms. The number of allylic oxidation sites excluding steroid dienone is 2. The zero-order valence-corrected chi connectivity index (χ0v) is 5.92. The van der Waals surface area contributed by atoms with Crippen LogP contribution in [0.1, 0.15) is 19.8 Å². The number of rotatable bonds is 3. The molecule has 0 heterocycles. The Morgan fingerprint density at radius 1 is 1.90 bits per heavy atom. The van der Waals surface area contributed by atoms with Gasteiger partial charge in [-0.3, -0.25) is 4.79 Å². The first-order valence-corrected chi connectivity index (χ1v) is 3.38. The minimum atomic E-state index is -0.798. The quantitative estimate of drug-likeness (QED) is 0.609. The molecule has 0 aromatic heterocycles. The summed E-state index contributed by atoms with van der Waals surface area (Å²) in [5, 5.41) is 11.3. The molecule has 0 saturated heterocycles. The van der Waals surface area contributed by atoms with E-state index < -0.39 is 12.0 Å². The zero-order chi connectivity index (χ0) is 7.56. The first-order valence-electron chi connectivity index (χ1n) is 3.38. The highest BCUT2D eigenvalue weighted by molar-refractivity contribution is 5.73. The van der Waals surface area contributed by atoms with Crippen molar-refractivity contribution in [2.24, 2.45) is 0 Å². The fourth-order valence-corrected chi connectivity index (χ4v) is 0.760. The summed E-state index contributed by atoms with van der Waals surface area (Å²) in [4.78, 5) is 10.3. The molecule has 56 valence electrons. The van der Waals surface area contributed by atoms with Crippen LogP contribution in [0.5, 0.6) is 0 Å². The van der Waals surface area contributed by atoms with Crippen LogP contribution in [0.3, 0.4) is 0 Å². The molecule has 1 unspecified atom stereocenters. The molecule has 0 amide bonds. The van der Waals surface area contributed by atoms with Crippen LogP contribution in [0.2, 0.25) is 0 Å². The fourth-order valence-electron chi connectivity index (χ4n) is 0.760. The second-order valence-corrected chi connectivity index (χ2v) is 2.47. The maximum atomic E-state index is 10.3. The lowest BCUT2D eigenvalue weighted by Crippen LogP contribution is -2.34. The van der Waals surface area contributed by atoms with Crippen LogP contribution >= 0.6 is 0 Å². The summed E-state index contributed by atoms with van der Waals surface area (Å²) in [7, 11) is 0. The molecule has 0 radical (unpaired) electrons. The number of carboxylic acids is 1. The standard InChI is InChI=1S/C7H11NO2/c1-5(7(9)10)8-6-3-2-4-6/h3,5,8H,2,4H2,1H3,(H,9,10). The van der Waals surface area contributed by atoms with Crippen LogP contribution in [0, 0.1) is 0 Å². The molecular formula is C7H11NO2. The highest BCUT2D eigenvalue weighted by atomic mass is 16.4. The molecule has 0 saturated carbocycles. The molecule has 0 aromatic rings. The Bertz CT molecular complexity index is 174. The Hall–Kier alpha value is -0.990. The van der Waals surface area contributed by atoms with Gasteiger partial charge in [0.2, 0.25) is 0 Å². The van der Waals surface area contributed by atoms with E-state index in [2.05, 4.69) is 5.32 Å². The Kier molecular flexibility index (Phi) is 1.94. The maximum Gasteiger partial charge on any atom is 0.325 e. The second-order valence-electron chi connectivity index (χ2n) is 2.47. The molecule has 1 aliphatic rings. The molecule has 0 spiro atoms. The van der Waals surface area contributed by atoms with Crippen molar-refractivity contribution in [1.29, 1.82) is 0 Å². The van der Waals surface area contributed by atoms with E-state index in [-0.39, 0.29) is 0 Å². The van der Waals surface area contributed by atoms with Crippen molar-refractivity contribution < 1.29 is 9.90 Å². The van der Waals surface area contributed by atoms with Gasteiger partial charge < -0.3 is 10.4 Å². The van der Waals surface area contributed by atoms with Gasteiger partial charge in [-0.2, -0.15) is 0 Å². The van der Waals surface area contributed by atoms with E-state index >= 15 is 0 Å². The van der Waals surface area contributed by atoms with E-state index in [1.54, 1.807) is 6.92 Å². The van der Waals surface area contributed by atoms with Gasteiger partial charge in [0.25, 0.3) is 0 Å². The number of carboxylic acid groups (broad SMARTS) is 1. The summed E-state index contributed by atoms with van der Waals surface area (Å²) >= 11 is 0. The van der Waals surface area contributed by atoms with Crippen LogP contribution in [0.4, 0.5) is 0 Å². The molecule has 0 bridgehead atoms. The minimum absolute atomic E-state index is 0.452. The summed E-state index contributed by atoms with van der Waals surface area (Å²) in [5.74, 6) is -0.798. The van der Waals surface area contributed by atoms with Crippen LogP contribution in [0.15, 0.2) is 11.8 Å². The molecule has 1 aliphatic carbocycles. The number of aliphatic carboxylic acids is 1. The van der Waals surface area contributed by atoms with Gasteiger partial charge in [-0.15, -0.1) is 0 Å². The van der Waals surface area contributed by atoms with Crippen molar-refractivity contribution in [2.45, 2.75) is 25.8 Å². The summed E-state index contributed by atoms with van der Waals surface area (Å²) in [6.45, 7) is 1.64. The third kappa shape index (κ3) is 1.50. The monoisotopic (exact) mass is 141 g/mol. The smallest absolute Gasteiger partial charge is 0.325 e. The van der Waals surface area contributed by atoms with E-state index in [1.165, 1.54) is 0 Å². The average Bonchev–Trinajstić information content (AvgIpc) is 1.77. The van der Waals surface area contributed by atoms with Gasteiger partial charge in [0, 0.05) is 5.70 Å². The third-order valence-electron chi connectivity index (χ3n) is 1.58. The Balaban J connectivity index is 2.30. The van der Waals surface area contributed by atoms with Crippen molar-refractivity contribution in [3.8, 4) is 0 Å². The molecule has 1 rings (SSSR count). The number of nitrogens with one attached hydrogen (secondary N) is 1. The summed E-state index contributed by atoms with van der Waals surface area (Å²) < 4.78 is 0. The van der Waals surface area contributed by atoms with Gasteiger partial charge in [0.05, 0.1) is 0 Å². The van der Waals surface area contributed by atoms with Gasteiger partial charge >= 0.3 is 5.97 Å². The van der Waals surface area contributed by atoms with Gasteiger partial charge in [-0.25, -0.2) is 0 Å². The first-order chi connectivity index (χ1) is 4.70. The lowest BCUT2D eigenvalue weighted by Gasteiger charge is -2.19. The van der Waals surface area contributed by atoms with Gasteiger partial charge in [-0.05, 0) is 19.8 Å². The van der Waals surface area contributed by atoms with Gasteiger partial charge in [-0.1, -0.05) is 6.08 Å². The molecule has 0 aliphatic heterocycles. The summed E-state index contributed by atoms with van der Waals surface area (Å²) in [6, 6.07) is -0.452. The van der Waals surface area contributed by atoms with Crippen molar-refractivity contribution >= 4 is 5.97 Å². The first kappa shape index (κ1) is 7.12. The summed E-state index contributed by atoms with van der Waals surface area (Å²) in [6.07, 6.45) is 4.09. The second kappa shape index (κ2) is 2.73. The largest absolute Gasteiger partial charge is 0.480 e. The van der Waals surface area contributed by atoms with Crippen molar-refractivity contribution in [3.05, 3.63) is 11.8 Å². The number of hydrogen-bond acceptors (Lipinski definition) is 2. The SMILES string of the molecule is CC(NC1=CCC1)C(=O)O. The Morgan fingerprint density at radius 3 is 2.80 bits per heavy atom. The topological polar surface area (TPSA) is 49.3 Å². The highest BCUT2D eigenvalue weighted by Gasteiger charge is 2.13. The van der Waals surface area contributed by atoms with Crippen molar-refractivity contribution in [2.75, 3.05) is 0 Å².